The van der Waals surface area contributed by atoms with Crippen LogP contribution in [0.1, 0.15) is 19.8 Å². The number of rotatable bonds is 4. The zero-order valence-electron chi connectivity index (χ0n) is 6.30. The standard InChI is InChI=1S/C8H14O2/c1-3-7(2)8(10)5-4-6-9/h8-10H,1,4-6H2,2H3. The minimum absolute atomic E-state index is 0.126. The van der Waals surface area contributed by atoms with E-state index in [1.807, 2.05) is 0 Å². The van der Waals surface area contributed by atoms with Gasteiger partial charge >= 0.3 is 0 Å². The van der Waals surface area contributed by atoms with Crippen molar-refractivity contribution in [1.82, 2.24) is 0 Å². The minimum atomic E-state index is -0.482. The Morgan fingerprint density at radius 2 is 2.30 bits per heavy atom. The molecule has 58 valence electrons. The molecule has 0 saturated carbocycles. The van der Waals surface area contributed by atoms with Gasteiger partial charge in [0.25, 0.3) is 0 Å². The third-order valence-corrected chi connectivity index (χ3v) is 1.41. The quantitative estimate of drug-likeness (QED) is 0.571. The molecule has 2 nitrogen and oxygen atoms in total. The number of hydrogen-bond donors (Lipinski definition) is 2. The third kappa shape index (κ3) is 3.46. The van der Waals surface area contributed by atoms with E-state index >= 15 is 0 Å². The molecule has 0 heterocycles. The van der Waals surface area contributed by atoms with Gasteiger partial charge in [-0.15, -0.1) is 5.73 Å². The largest absolute Gasteiger partial charge is 0.396 e. The van der Waals surface area contributed by atoms with Crippen LogP contribution in [0.3, 0.4) is 0 Å². The van der Waals surface area contributed by atoms with Crippen molar-refractivity contribution in [3.8, 4) is 0 Å². The number of hydrogen-bond acceptors (Lipinski definition) is 2. The van der Waals surface area contributed by atoms with E-state index in [1.165, 1.54) is 0 Å². The molecule has 0 aliphatic carbocycles. The van der Waals surface area contributed by atoms with Crippen molar-refractivity contribution in [3.05, 3.63) is 17.9 Å². The summed E-state index contributed by atoms with van der Waals surface area (Å²) in [6.45, 7) is 5.30. The van der Waals surface area contributed by atoms with Gasteiger partial charge in [0.1, 0.15) is 0 Å². The van der Waals surface area contributed by atoms with Crippen LogP contribution in [-0.2, 0) is 0 Å². The molecule has 0 aromatic heterocycles. The first-order valence-corrected chi connectivity index (χ1v) is 3.37. The summed E-state index contributed by atoms with van der Waals surface area (Å²) in [7, 11) is 0. The summed E-state index contributed by atoms with van der Waals surface area (Å²) >= 11 is 0. The van der Waals surface area contributed by atoms with Crippen molar-refractivity contribution < 1.29 is 10.2 Å². The van der Waals surface area contributed by atoms with Crippen LogP contribution in [-0.4, -0.2) is 22.9 Å². The first-order valence-electron chi connectivity index (χ1n) is 3.37. The lowest BCUT2D eigenvalue weighted by Gasteiger charge is -2.06. The van der Waals surface area contributed by atoms with Crippen LogP contribution in [0.15, 0.2) is 17.9 Å². The zero-order chi connectivity index (χ0) is 7.98. The summed E-state index contributed by atoms with van der Waals surface area (Å²) in [6, 6.07) is 0. The molecule has 1 unspecified atom stereocenters. The van der Waals surface area contributed by atoms with Gasteiger partial charge in [-0.3, -0.25) is 0 Å². The SMILES string of the molecule is C=C=C(C)C(O)CCCO. The molecule has 1 atom stereocenters. The van der Waals surface area contributed by atoms with E-state index in [0.717, 1.165) is 5.57 Å². The summed E-state index contributed by atoms with van der Waals surface area (Å²) < 4.78 is 0. The van der Waals surface area contributed by atoms with Crippen molar-refractivity contribution in [2.45, 2.75) is 25.9 Å². The van der Waals surface area contributed by atoms with Gasteiger partial charge in [0.15, 0.2) is 0 Å². The summed E-state index contributed by atoms with van der Waals surface area (Å²) in [5.74, 6) is 0. The monoisotopic (exact) mass is 142 g/mol. The molecule has 2 N–H and O–H groups in total. The summed E-state index contributed by atoms with van der Waals surface area (Å²) in [5, 5.41) is 17.6. The van der Waals surface area contributed by atoms with Crippen LogP contribution in [0, 0.1) is 0 Å². The smallest absolute Gasteiger partial charge is 0.0821 e. The Hall–Kier alpha value is -0.560. The first-order chi connectivity index (χ1) is 4.72. The van der Waals surface area contributed by atoms with E-state index in [4.69, 9.17) is 5.11 Å². The van der Waals surface area contributed by atoms with E-state index in [9.17, 15) is 5.11 Å². The molecule has 0 fully saturated rings. The van der Waals surface area contributed by atoms with Crippen molar-refractivity contribution >= 4 is 0 Å². The Labute approximate surface area is 61.5 Å². The van der Waals surface area contributed by atoms with Crippen molar-refractivity contribution in [1.29, 1.82) is 0 Å². The second kappa shape index (κ2) is 5.24. The Balaban J connectivity index is 3.62. The Morgan fingerprint density at radius 1 is 1.70 bits per heavy atom. The average Bonchev–Trinajstić information content (AvgIpc) is 1.98. The van der Waals surface area contributed by atoms with Gasteiger partial charge in [-0.2, -0.15) is 0 Å². The third-order valence-electron chi connectivity index (χ3n) is 1.41. The summed E-state index contributed by atoms with van der Waals surface area (Å²) in [6.07, 6.45) is 0.732. The topological polar surface area (TPSA) is 40.5 Å². The highest BCUT2D eigenvalue weighted by atomic mass is 16.3. The lowest BCUT2D eigenvalue weighted by Crippen LogP contribution is -2.07. The van der Waals surface area contributed by atoms with E-state index < -0.39 is 6.10 Å². The predicted octanol–water partition coefficient (Wildman–Crippen LogP) is 0.851. The first kappa shape index (κ1) is 9.44. The second-order valence-corrected chi connectivity index (χ2v) is 2.24. The molecular weight excluding hydrogens is 128 g/mol. The lowest BCUT2D eigenvalue weighted by atomic mass is 10.1. The van der Waals surface area contributed by atoms with Crippen LogP contribution in [0.2, 0.25) is 0 Å². The van der Waals surface area contributed by atoms with Crippen LogP contribution in [0.4, 0.5) is 0 Å². The summed E-state index contributed by atoms with van der Waals surface area (Å²) in [5.41, 5.74) is 3.35. The van der Waals surface area contributed by atoms with Crippen molar-refractivity contribution in [3.63, 3.8) is 0 Å². The Kier molecular flexibility index (Phi) is 4.95. The molecule has 0 amide bonds. The molecule has 0 aliphatic heterocycles. The molecule has 0 aromatic rings. The molecule has 0 aliphatic rings. The minimum Gasteiger partial charge on any atom is -0.396 e. The van der Waals surface area contributed by atoms with Gasteiger partial charge in [-0.25, -0.2) is 0 Å². The number of aliphatic hydroxyl groups is 2. The predicted molar refractivity (Wildman–Crippen MR) is 40.7 cm³/mol. The summed E-state index contributed by atoms with van der Waals surface area (Å²) in [4.78, 5) is 0. The highest BCUT2D eigenvalue weighted by molar-refractivity contribution is 5.00. The molecule has 0 aromatic carbocycles. The molecule has 0 spiro atoms. The fourth-order valence-corrected chi connectivity index (χ4v) is 0.619. The normalized spacial score (nSPS) is 12.3. The maximum atomic E-state index is 9.20. The van der Waals surface area contributed by atoms with E-state index in [-0.39, 0.29) is 6.61 Å². The van der Waals surface area contributed by atoms with E-state index in [0.29, 0.717) is 12.8 Å². The van der Waals surface area contributed by atoms with Crippen LogP contribution in [0.25, 0.3) is 0 Å². The molecule has 2 heteroatoms. The van der Waals surface area contributed by atoms with Gasteiger partial charge in [0.2, 0.25) is 0 Å². The second-order valence-electron chi connectivity index (χ2n) is 2.24. The maximum absolute atomic E-state index is 9.20. The molecule has 0 saturated heterocycles. The average molecular weight is 142 g/mol. The molecule has 0 rings (SSSR count). The van der Waals surface area contributed by atoms with Gasteiger partial charge in [0, 0.05) is 6.61 Å². The van der Waals surface area contributed by atoms with Crippen molar-refractivity contribution in [2.24, 2.45) is 0 Å². The fraction of sp³-hybridized carbons (Fsp3) is 0.625. The number of aliphatic hydroxyl groups excluding tert-OH is 2. The highest BCUT2D eigenvalue weighted by Gasteiger charge is 2.03. The molecule has 0 bridgehead atoms. The van der Waals surface area contributed by atoms with Gasteiger partial charge < -0.3 is 10.2 Å². The van der Waals surface area contributed by atoms with E-state index in [1.54, 1.807) is 6.92 Å². The van der Waals surface area contributed by atoms with Crippen LogP contribution in [0.5, 0.6) is 0 Å². The highest BCUT2D eigenvalue weighted by Crippen LogP contribution is 2.05. The van der Waals surface area contributed by atoms with Crippen LogP contribution >= 0.6 is 0 Å². The Bertz CT molecular complexity index is 134. The Morgan fingerprint density at radius 3 is 2.70 bits per heavy atom. The fourth-order valence-electron chi connectivity index (χ4n) is 0.619. The van der Waals surface area contributed by atoms with Crippen LogP contribution < -0.4 is 0 Å². The van der Waals surface area contributed by atoms with Gasteiger partial charge in [0.05, 0.1) is 6.10 Å². The van der Waals surface area contributed by atoms with Crippen molar-refractivity contribution in [2.75, 3.05) is 6.61 Å². The molecule has 0 radical (unpaired) electrons. The lowest BCUT2D eigenvalue weighted by molar-refractivity contribution is 0.180. The van der Waals surface area contributed by atoms with Gasteiger partial charge in [-0.05, 0) is 25.3 Å². The van der Waals surface area contributed by atoms with E-state index in [2.05, 4.69) is 12.3 Å². The van der Waals surface area contributed by atoms with Gasteiger partial charge in [-0.1, -0.05) is 6.58 Å². The molecule has 10 heavy (non-hydrogen) atoms. The maximum Gasteiger partial charge on any atom is 0.0821 e. The molecular formula is C8H14O2. The zero-order valence-corrected chi connectivity index (χ0v) is 6.30.